The molecule has 1 aliphatic rings. The Kier molecular flexibility index (Phi) is 4.41. The summed E-state index contributed by atoms with van der Waals surface area (Å²) < 4.78 is 0. The molecule has 0 saturated carbocycles. The SMILES string of the molecule is CSCC[C@@H](C(=O)O)N1CC(O)CC1=O. The number of carboxylic acids is 1. The molecule has 6 heteroatoms. The Hall–Kier alpha value is -0.750. The summed E-state index contributed by atoms with van der Waals surface area (Å²) in [7, 11) is 0. The van der Waals surface area contributed by atoms with Crippen molar-refractivity contribution in [1.82, 2.24) is 4.90 Å². The van der Waals surface area contributed by atoms with E-state index < -0.39 is 18.1 Å². The number of hydrogen-bond acceptors (Lipinski definition) is 4. The van der Waals surface area contributed by atoms with E-state index in [0.29, 0.717) is 12.2 Å². The predicted octanol–water partition coefficient (Wildman–Crippen LogP) is -0.214. The molecule has 1 fully saturated rings. The number of hydrogen-bond donors (Lipinski definition) is 2. The number of nitrogens with zero attached hydrogens (tertiary/aromatic N) is 1. The molecular weight excluding hydrogens is 218 g/mol. The smallest absolute Gasteiger partial charge is 0.326 e. The molecule has 86 valence electrons. The average molecular weight is 233 g/mol. The topological polar surface area (TPSA) is 77.8 Å². The van der Waals surface area contributed by atoms with Crippen molar-refractivity contribution in [2.75, 3.05) is 18.6 Å². The predicted molar refractivity (Wildman–Crippen MR) is 56.8 cm³/mol. The molecule has 0 spiro atoms. The molecule has 1 heterocycles. The molecule has 1 amide bonds. The quantitative estimate of drug-likeness (QED) is 0.687. The summed E-state index contributed by atoms with van der Waals surface area (Å²) in [5.74, 6) is -0.570. The summed E-state index contributed by atoms with van der Waals surface area (Å²) in [6.07, 6.45) is 1.64. The molecule has 2 N–H and O–H groups in total. The lowest BCUT2D eigenvalue weighted by molar-refractivity contribution is -0.148. The molecule has 0 radical (unpaired) electrons. The molecule has 1 saturated heterocycles. The van der Waals surface area contributed by atoms with Gasteiger partial charge >= 0.3 is 5.97 Å². The van der Waals surface area contributed by atoms with Crippen molar-refractivity contribution >= 4 is 23.6 Å². The lowest BCUT2D eigenvalue weighted by Crippen LogP contribution is -2.42. The van der Waals surface area contributed by atoms with E-state index in [1.807, 2.05) is 6.26 Å². The molecule has 0 aromatic carbocycles. The number of carboxylic acid groups (broad SMARTS) is 1. The van der Waals surface area contributed by atoms with Crippen LogP contribution in [0.5, 0.6) is 0 Å². The van der Waals surface area contributed by atoms with Gasteiger partial charge in [0, 0.05) is 6.54 Å². The number of rotatable bonds is 5. The fourth-order valence-corrected chi connectivity index (χ4v) is 2.11. The van der Waals surface area contributed by atoms with Crippen LogP contribution in [0.1, 0.15) is 12.8 Å². The fourth-order valence-electron chi connectivity index (χ4n) is 1.66. The van der Waals surface area contributed by atoms with Crippen LogP contribution in [0.3, 0.4) is 0 Å². The van der Waals surface area contributed by atoms with Crippen LogP contribution in [0.15, 0.2) is 0 Å². The minimum absolute atomic E-state index is 0.0447. The number of aliphatic hydroxyl groups is 1. The number of thioether (sulfide) groups is 1. The van der Waals surface area contributed by atoms with E-state index in [0.717, 1.165) is 0 Å². The first-order valence-corrected chi connectivity index (χ1v) is 6.15. The number of carbonyl (C=O) groups excluding carboxylic acids is 1. The first kappa shape index (κ1) is 12.3. The number of aliphatic hydroxyl groups excluding tert-OH is 1. The lowest BCUT2D eigenvalue weighted by Gasteiger charge is -2.23. The molecule has 0 aliphatic carbocycles. The zero-order valence-corrected chi connectivity index (χ0v) is 9.37. The normalized spacial score (nSPS) is 23.2. The molecule has 1 aliphatic heterocycles. The molecule has 1 rings (SSSR count). The third kappa shape index (κ3) is 3.10. The van der Waals surface area contributed by atoms with Gasteiger partial charge in [0.15, 0.2) is 0 Å². The number of aliphatic carboxylic acids is 1. The van der Waals surface area contributed by atoms with Crippen LogP contribution in [0.2, 0.25) is 0 Å². The van der Waals surface area contributed by atoms with Gasteiger partial charge in [-0.1, -0.05) is 0 Å². The Morgan fingerprint density at radius 1 is 1.73 bits per heavy atom. The minimum Gasteiger partial charge on any atom is -0.480 e. The summed E-state index contributed by atoms with van der Waals surface area (Å²) >= 11 is 1.54. The molecule has 5 nitrogen and oxygen atoms in total. The second kappa shape index (κ2) is 5.37. The Morgan fingerprint density at radius 2 is 2.40 bits per heavy atom. The molecule has 0 bridgehead atoms. The highest BCUT2D eigenvalue weighted by molar-refractivity contribution is 7.98. The van der Waals surface area contributed by atoms with Gasteiger partial charge in [0.25, 0.3) is 0 Å². The average Bonchev–Trinajstić information content (AvgIpc) is 2.46. The van der Waals surface area contributed by atoms with Crippen molar-refractivity contribution in [3.63, 3.8) is 0 Å². The van der Waals surface area contributed by atoms with Crippen LogP contribution >= 0.6 is 11.8 Å². The van der Waals surface area contributed by atoms with E-state index in [1.54, 1.807) is 11.8 Å². The van der Waals surface area contributed by atoms with Crippen molar-refractivity contribution in [2.24, 2.45) is 0 Å². The molecule has 0 aromatic heterocycles. The molecule has 15 heavy (non-hydrogen) atoms. The van der Waals surface area contributed by atoms with Gasteiger partial charge in [-0.25, -0.2) is 4.79 Å². The van der Waals surface area contributed by atoms with Crippen LogP contribution in [-0.2, 0) is 9.59 Å². The highest BCUT2D eigenvalue weighted by Crippen LogP contribution is 2.17. The monoisotopic (exact) mass is 233 g/mol. The number of likely N-dealkylation sites (tertiary alicyclic amines) is 1. The summed E-state index contributed by atoms with van der Waals surface area (Å²) in [5.41, 5.74) is 0. The highest BCUT2D eigenvalue weighted by Gasteiger charge is 2.36. The second-order valence-electron chi connectivity index (χ2n) is 3.54. The molecular formula is C9H15NO4S. The van der Waals surface area contributed by atoms with E-state index in [-0.39, 0.29) is 18.9 Å². The van der Waals surface area contributed by atoms with E-state index in [1.165, 1.54) is 4.90 Å². The first-order chi connectivity index (χ1) is 7.06. The van der Waals surface area contributed by atoms with Gasteiger partial charge in [-0.05, 0) is 18.4 Å². The number of carbonyl (C=O) groups is 2. The van der Waals surface area contributed by atoms with Crippen LogP contribution < -0.4 is 0 Å². The van der Waals surface area contributed by atoms with Gasteiger partial charge in [-0.2, -0.15) is 11.8 Å². The third-order valence-electron chi connectivity index (χ3n) is 2.39. The maximum atomic E-state index is 11.4. The summed E-state index contributed by atoms with van der Waals surface area (Å²) in [6.45, 7) is 0.143. The van der Waals surface area contributed by atoms with Crippen molar-refractivity contribution in [3.8, 4) is 0 Å². The van der Waals surface area contributed by atoms with Crippen LogP contribution in [0.4, 0.5) is 0 Å². The maximum absolute atomic E-state index is 11.4. The van der Waals surface area contributed by atoms with Gasteiger partial charge in [-0.3, -0.25) is 4.79 Å². The largest absolute Gasteiger partial charge is 0.480 e. The van der Waals surface area contributed by atoms with Crippen molar-refractivity contribution < 1.29 is 19.8 Å². The molecule has 2 atom stereocenters. The summed E-state index contributed by atoms with van der Waals surface area (Å²) in [6, 6.07) is -0.790. The van der Waals surface area contributed by atoms with Crippen LogP contribution in [0, 0.1) is 0 Å². The van der Waals surface area contributed by atoms with E-state index >= 15 is 0 Å². The Bertz CT molecular complexity index is 258. The van der Waals surface area contributed by atoms with Crippen molar-refractivity contribution in [1.29, 1.82) is 0 Å². The van der Waals surface area contributed by atoms with Gasteiger partial charge in [0.1, 0.15) is 6.04 Å². The number of β-amino-alcohol motifs (C(OH)–C–C–N with tert-alkyl or cyclic N) is 1. The van der Waals surface area contributed by atoms with Crippen LogP contribution in [-0.4, -0.2) is 57.7 Å². The van der Waals surface area contributed by atoms with Crippen molar-refractivity contribution in [3.05, 3.63) is 0 Å². The van der Waals surface area contributed by atoms with Gasteiger partial charge in [0.05, 0.1) is 12.5 Å². The van der Waals surface area contributed by atoms with Gasteiger partial charge in [0.2, 0.25) is 5.91 Å². The maximum Gasteiger partial charge on any atom is 0.326 e. The fraction of sp³-hybridized carbons (Fsp3) is 0.778. The molecule has 1 unspecified atom stereocenters. The summed E-state index contributed by atoms with van der Waals surface area (Å²) in [5, 5.41) is 18.2. The molecule has 0 aromatic rings. The minimum atomic E-state index is -0.994. The van der Waals surface area contributed by atoms with E-state index in [9.17, 15) is 14.7 Å². The Morgan fingerprint density at radius 3 is 2.80 bits per heavy atom. The lowest BCUT2D eigenvalue weighted by atomic mass is 10.2. The highest BCUT2D eigenvalue weighted by atomic mass is 32.2. The zero-order chi connectivity index (χ0) is 11.4. The standard InChI is InChI=1S/C9H15NO4S/c1-15-3-2-7(9(13)14)10-5-6(11)4-8(10)12/h6-7,11H,2-5H2,1H3,(H,13,14)/t6?,7-/m0/s1. The van der Waals surface area contributed by atoms with Crippen LogP contribution in [0.25, 0.3) is 0 Å². The van der Waals surface area contributed by atoms with Gasteiger partial charge < -0.3 is 15.1 Å². The van der Waals surface area contributed by atoms with Crippen molar-refractivity contribution in [2.45, 2.75) is 25.0 Å². The van der Waals surface area contributed by atoms with E-state index in [2.05, 4.69) is 0 Å². The second-order valence-corrected chi connectivity index (χ2v) is 4.53. The first-order valence-electron chi connectivity index (χ1n) is 4.75. The Balaban J connectivity index is 2.63. The van der Waals surface area contributed by atoms with Gasteiger partial charge in [-0.15, -0.1) is 0 Å². The zero-order valence-electron chi connectivity index (χ0n) is 8.55. The Labute approximate surface area is 92.4 Å². The number of amides is 1. The summed E-state index contributed by atoms with van der Waals surface area (Å²) in [4.78, 5) is 23.6. The van der Waals surface area contributed by atoms with E-state index in [4.69, 9.17) is 5.11 Å². The third-order valence-corrected chi connectivity index (χ3v) is 3.04.